The van der Waals surface area contributed by atoms with Crippen LogP contribution in [0.2, 0.25) is 5.02 Å². The Balaban J connectivity index is 2.46. The second-order valence-electron chi connectivity index (χ2n) is 3.58. The maximum absolute atomic E-state index is 11.3. The van der Waals surface area contributed by atoms with E-state index in [2.05, 4.69) is 4.74 Å². The molecule has 0 saturated heterocycles. The van der Waals surface area contributed by atoms with Gasteiger partial charge in [0.2, 0.25) is 5.76 Å². The number of ether oxygens (including phenoxy) is 1. The van der Waals surface area contributed by atoms with Crippen molar-refractivity contribution < 1.29 is 18.9 Å². The van der Waals surface area contributed by atoms with Crippen LogP contribution >= 0.6 is 11.6 Å². The molecular formula is C12H8ClNO5. The van der Waals surface area contributed by atoms with Crippen LogP contribution in [0.15, 0.2) is 34.7 Å². The number of carbonyl (C=O) groups is 1. The van der Waals surface area contributed by atoms with E-state index >= 15 is 0 Å². The fraction of sp³-hybridized carbons (Fsp3) is 0.0833. The van der Waals surface area contributed by atoms with E-state index in [1.165, 1.54) is 37.4 Å². The van der Waals surface area contributed by atoms with Crippen molar-refractivity contribution in [1.82, 2.24) is 0 Å². The van der Waals surface area contributed by atoms with Crippen LogP contribution in [0.3, 0.4) is 0 Å². The van der Waals surface area contributed by atoms with Crippen molar-refractivity contribution in [3.63, 3.8) is 0 Å². The van der Waals surface area contributed by atoms with Crippen LogP contribution in [-0.2, 0) is 4.74 Å². The van der Waals surface area contributed by atoms with Crippen molar-refractivity contribution >= 4 is 23.3 Å². The Labute approximate surface area is 112 Å². The quantitative estimate of drug-likeness (QED) is 0.490. The number of nitro groups is 1. The summed E-state index contributed by atoms with van der Waals surface area (Å²) in [6.45, 7) is 0. The number of hydrogen-bond acceptors (Lipinski definition) is 5. The van der Waals surface area contributed by atoms with Crippen LogP contribution in [0.4, 0.5) is 5.69 Å². The van der Waals surface area contributed by atoms with Gasteiger partial charge in [-0.3, -0.25) is 10.1 Å². The fourth-order valence-electron chi connectivity index (χ4n) is 1.51. The third-order valence-corrected chi connectivity index (χ3v) is 2.75. The number of hydrogen-bond donors (Lipinski definition) is 0. The Bertz CT molecular complexity index is 649. The first-order valence-corrected chi connectivity index (χ1v) is 5.53. The minimum Gasteiger partial charge on any atom is -0.463 e. The molecule has 0 amide bonds. The highest BCUT2D eigenvalue weighted by Gasteiger charge is 2.16. The summed E-state index contributed by atoms with van der Waals surface area (Å²) in [5.41, 5.74) is 0.224. The molecule has 0 saturated carbocycles. The summed E-state index contributed by atoms with van der Waals surface area (Å²) in [6.07, 6.45) is 0. The molecule has 2 aromatic rings. The number of benzene rings is 1. The van der Waals surface area contributed by atoms with Crippen LogP contribution in [0.25, 0.3) is 11.3 Å². The number of nitro benzene ring substituents is 1. The molecule has 0 radical (unpaired) electrons. The number of halogens is 1. The number of nitrogens with zero attached hydrogens (tertiary/aromatic N) is 1. The minimum absolute atomic E-state index is 0.0000674. The topological polar surface area (TPSA) is 82.6 Å². The van der Waals surface area contributed by atoms with Crippen molar-refractivity contribution in [2.45, 2.75) is 0 Å². The summed E-state index contributed by atoms with van der Waals surface area (Å²) in [4.78, 5) is 21.4. The van der Waals surface area contributed by atoms with Gasteiger partial charge in [-0.2, -0.15) is 0 Å². The Morgan fingerprint density at radius 3 is 2.74 bits per heavy atom. The first-order chi connectivity index (χ1) is 9.02. The van der Waals surface area contributed by atoms with Gasteiger partial charge in [-0.15, -0.1) is 0 Å². The van der Waals surface area contributed by atoms with E-state index in [1.807, 2.05) is 0 Å². The third-order valence-electron chi connectivity index (χ3n) is 2.42. The van der Waals surface area contributed by atoms with Crippen molar-refractivity contribution in [3.05, 3.63) is 51.2 Å². The molecule has 0 spiro atoms. The van der Waals surface area contributed by atoms with Gasteiger partial charge >= 0.3 is 5.97 Å². The van der Waals surface area contributed by atoms with Crippen LogP contribution in [0.5, 0.6) is 0 Å². The number of methoxy groups -OCH3 is 1. The molecule has 6 nitrogen and oxygen atoms in total. The molecule has 0 atom stereocenters. The molecule has 0 unspecified atom stereocenters. The minimum atomic E-state index is -0.632. The van der Waals surface area contributed by atoms with Gasteiger partial charge in [0.25, 0.3) is 5.69 Å². The second kappa shape index (κ2) is 5.11. The van der Waals surface area contributed by atoms with E-state index in [0.717, 1.165) is 0 Å². The van der Waals surface area contributed by atoms with Gasteiger partial charge in [-0.25, -0.2) is 4.79 Å². The summed E-state index contributed by atoms with van der Waals surface area (Å²) in [5.74, 6) is -0.373. The highest BCUT2D eigenvalue weighted by Crippen LogP contribution is 2.32. The lowest BCUT2D eigenvalue weighted by Crippen LogP contribution is -1.98. The lowest BCUT2D eigenvalue weighted by Gasteiger charge is -2.00. The molecule has 0 aliphatic carbocycles. The number of furan rings is 1. The molecule has 1 heterocycles. The van der Waals surface area contributed by atoms with Crippen LogP contribution < -0.4 is 0 Å². The number of carbonyl (C=O) groups excluding carboxylic acids is 1. The second-order valence-corrected chi connectivity index (χ2v) is 3.98. The largest absolute Gasteiger partial charge is 0.463 e. The van der Waals surface area contributed by atoms with E-state index in [-0.39, 0.29) is 22.2 Å². The Morgan fingerprint density at radius 1 is 1.37 bits per heavy atom. The molecule has 1 aromatic heterocycles. The third kappa shape index (κ3) is 2.58. The average molecular weight is 282 g/mol. The molecule has 0 N–H and O–H groups in total. The van der Waals surface area contributed by atoms with Crippen molar-refractivity contribution in [2.24, 2.45) is 0 Å². The van der Waals surface area contributed by atoms with Crippen molar-refractivity contribution in [2.75, 3.05) is 7.11 Å². The number of rotatable bonds is 3. The van der Waals surface area contributed by atoms with Crippen LogP contribution in [0.1, 0.15) is 10.6 Å². The summed E-state index contributed by atoms with van der Waals surface area (Å²) >= 11 is 5.96. The van der Waals surface area contributed by atoms with E-state index < -0.39 is 10.9 Å². The Kier molecular flexibility index (Phi) is 3.52. The Morgan fingerprint density at radius 2 is 2.11 bits per heavy atom. The Hall–Kier alpha value is -2.34. The van der Waals surface area contributed by atoms with E-state index in [4.69, 9.17) is 16.0 Å². The maximum Gasteiger partial charge on any atom is 0.373 e. The average Bonchev–Trinajstić information content (AvgIpc) is 2.87. The lowest BCUT2D eigenvalue weighted by atomic mass is 10.1. The van der Waals surface area contributed by atoms with Gasteiger partial charge in [0.1, 0.15) is 5.76 Å². The van der Waals surface area contributed by atoms with E-state index in [1.54, 1.807) is 0 Å². The summed E-state index contributed by atoms with van der Waals surface area (Å²) in [6, 6.07) is 6.88. The van der Waals surface area contributed by atoms with Crippen LogP contribution in [-0.4, -0.2) is 18.0 Å². The molecule has 0 fully saturated rings. The van der Waals surface area contributed by atoms with Gasteiger partial charge in [-0.05, 0) is 18.2 Å². The highest BCUT2D eigenvalue weighted by atomic mass is 35.5. The molecule has 0 bridgehead atoms. The van der Waals surface area contributed by atoms with Crippen molar-refractivity contribution in [1.29, 1.82) is 0 Å². The summed E-state index contributed by atoms with van der Waals surface area (Å²) in [7, 11) is 1.23. The van der Waals surface area contributed by atoms with Gasteiger partial charge in [0, 0.05) is 17.7 Å². The van der Waals surface area contributed by atoms with Crippen LogP contribution in [0, 0.1) is 10.1 Å². The first kappa shape index (κ1) is 13.1. The highest BCUT2D eigenvalue weighted by molar-refractivity contribution is 6.33. The molecule has 98 valence electrons. The van der Waals surface area contributed by atoms with E-state index in [9.17, 15) is 14.9 Å². The molecule has 19 heavy (non-hydrogen) atoms. The molecule has 2 rings (SSSR count). The standard InChI is InChI=1S/C12H8ClNO5/c1-18-12(15)11-5-4-10(19-11)8-6-7(14(16)17)2-3-9(8)13/h2-6H,1H3. The zero-order valence-electron chi connectivity index (χ0n) is 9.75. The van der Waals surface area contributed by atoms with Gasteiger partial charge in [0.15, 0.2) is 0 Å². The normalized spacial score (nSPS) is 10.2. The predicted molar refractivity (Wildman–Crippen MR) is 67.1 cm³/mol. The number of non-ortho nitro benzene ring substituents is 1. The molecule has 0 aliphatic rings. The predicted octanol–water partition coefficient (Wildman–Crippen LogP) is 3.29. The van der Waals surface area contributed by atoms with E-state index in [0.29, 0.717) is 5.56 Å². The number of esters is 1. The van der Waals surface area contributed by atoms with Gasteiger partial charge < -0.3 is 9.15 Å². The molecule has 7 heteroatoms. The monoisotopic (exact) mass is 281 g/mol. The molecular weight excluding hydrogens is 274 g/mol. The summed E-state index contributed by atoms with van der Waals surface area (Å²) < 4.78 is 9.76. The zero-order chi connectivity index (χ0) is 14.0. The molecule has 1 aromatic carbocycles. The first-order valence-electron chi connectivity index (χ1n) is 5.15. The van der Waals surface area contributed by atoms with Gasteiger partial charge in [-0.1, -0.05) is 11.6 Å². The lowest BCUT2D eigenvalue weighted by molar-refractivity contribution is -0.384. The SMILES string of the molecule is COC(=O)c1ccc(-c2cc([N+](=O)[O-])ccc2Cl)o1. The maximum atomic E-state index is 11.3. The fourth-order valence-corrected chi connectivity index (χ4v) is 1.72. The molecule has 0 aliphatic heterocycles. The summed E-state index contributed by atoms with van der Waals surface area (Å²) in [5, 5.41) is 11.0. The van der Waals surface area contributed by atoms with Crippen molar-refractivity contribution in [3.8, 4) is 11.3 Å². The zero-order valence-corrected chi connectivity index (χ0v) is 10.5. The smallest absolute Gasteiger partial charge is 0.373 e. The van der Waals surface area contributed by atoms with Gasteiger partial charge in [0.05, 0.1) is 17.1 Å².